The molecular weight excluding hydrogens is 201 g/mol. The zero-order valence-corrected chi connectivity index (χ0v) is 6.85. The van der Waals surface area contributed by atoms with Gasteiger partial charge in [0.1, 0.15) is 0 Å². The standard InChI is InChI=1S/C6H5BrFNO/c1-4-2-6(7)9(10)3-5(4)8/h2-3H,1H3. The fourth-order valence-corrected chi connectivity index (χ4v) is 1.02. The Morgan fingerprint density at radius 2 is 2.30 bits per heavy atom. The number of hydrogen-bond acceptors (Lipinski definition) is 1. The van der Waals surface area contributed by atoms with Gasteiger partial charge >= 0.3 is 0 Å². The SMILES string of the molecule is Cc1cc(Br)[n+]([O-])cc1F. The van der Waals surface area contributed by atoms with Crippen molar-refractivity contribution in [2.45, 2.75) is 6.92 Å². The Hall–Kier alpha value is -0.640. The number of aryl methyl sites for hydroxylation is 1. The number of rotatable bonds is 0. The first kappa shape index (κ1) is 7.47. The van der Waals surface area contributed by atoms with E-state index in [2.05, 4.69) is 15.9 Å². The van der Waals surface area contributed by atoms with Crippen LogP contribution in [0.4, 0.5) is 4.39 Å². The number of aromatic nitrogens is 1. The molecule has 0 N–H and O–H groups in total. The normalized spacial score (nSPS) is 9.90. The molecule has 54 valence electrons. The highest BCUT2D eigenvalue weighted by Gasteiger charge is 2.05. The van der Waals surface area contributed by atoms with Gasteiger partial charge in [-0.25, -0.2) is 4.39 Å². The Balaban J connectivity index is 3.28. The molecule has 10 heavy (non-hydrogen) atoms. The van der Waals surface area contributed by atoms with Crippen LogP contribution in [0.25, 0.3) is 0 Å². The van der Waals surface area contributed by atoms with E-state index in [1.54, 1.807) is 6.92 Å². The first-order valence-corrected chi connectivity index (χ1v) is 3.45. The molecule has 0 aliphatic carbocycles. The maximum Gasteiger partial charge on any atom is 0.259 e. The molecule has 2 nitrogen and oxygen atoms in total. The summed E-state index contributed by atoms with van der Waals surface area (Å²) in [6.45, 7) is 1.60. The van der Waals surface area contributed by atoms with Crippen molar-refractivity contribution in [3.8, 4) is 0 Å². The van der Waals surface area contributed by atoms with Gasteiger partial charge in [0.25, 0.3) is 4.60 Å². The van der Waals surface area contributed by atoms with Crippen LogP contribution in [0, 0.1) is 17.9 Å². The van der Waals surface area contributed by atoms with Crippen molar-refractivity contribution in [2.24, 2.45) is 0 Å². The van der Waals surface area contributed by atoms with Crippen molar-refractivity contribution in [1.29, 1.82) is 0 Å². The largest absolute Gasteiger partial charge is 0.618 e. The Morgan fingerprint density at radius 1 is 1.70 bits per heavy atom. The fraction of sp³-hybridized carbons (Fsp3) is 0.167. The fourth-order valence-electron chi connectivity index (χ4n) is 0.578. The molecule has 0 amide bonds. The average Bonchev–Trinajstić information content (AvgIpc) is 1.84. The smallest absolute Gasteiger partial charge is 0.259 e. The van der Waals surface area contributed by atoms with E-state index < -0.39 is 5.82 Å². The summed E-state index contributed by atoms with van der Waals surface area (Å²) in [6, 6.07) is 1.43. The van der Waals surface area contributed by atoms with Crippen LogP contribution >= 0.6 is 15.9 Å². The van der Waals surface area contributed by atoms with E-state index >= 15 is 0 Å². The monoisotopic (exact) mass is 205 g/mol. The molecule has 0 saturated heterocycles. The Morgan fingerprint density at radius 3 is 2.80 bits per heavy atom. The third kappa shape index (κ3) is 1.26. The molecule has 0 aliphatic rings. The quantitative estimate of drug-likeness (QED) is 0.359. The molecule has 0 spiro atoms. The van der Waals surface area contributed by atoms with Gasteiger partial charge in [0.05, 0.1) is 0 Å². The highest BCUT2D eigenvalue weighted by molar-refractivity contribution is 9.10. The summed E-state index contributed by atoms with van der Waals surface area (Å²) in [7, 11) is 0. The number of pyridine rings is 1. The minimum atomic E-state index is -0.488. The minimum absolute atomic E-state index is 0.325. The van der Waals surface area contributed by atoms with Gasteiger partial charge in [-0.3, -0.25) is 0 Å². The topological polar surface area (TPSA) is 26.9 Å². The zero-order chi connectivity index (χ0) is 7.72. The van der Waals surface area contributed by atoms with E-state index in [0.29, 0.717) is 14.9 Å². The molecule has 1 aromatic heterocycles. The van der Waals surface area contributed by atoms with Gasteiger partial charge in [-0.2, -0.15) is 4.73 Å². The van der Waals surface area contributed by atoms with Gasteiger partial charge in [-0.05, 0) is 12.5 Å². The van der Waals surface area contributed by atoms with Gasteiger partial charge in [0.2, 0.25) is 6.20 Å². The third-order valence-electron chi connectivity index (χ3n) is 1.15. The number of hydrogen-bond donors (Lipinski definition) is 0. The second-order valence-electron chi connectivity index (χ2n) is 1.95. The number of nitrogens with zero attached hydrogens (tertiary/aromatic N) is 1. The Labute approximate surface area is 66.0 Å². The van der Waals surface area contributed by atoms with E-state index in [1.165, 1.54) is 6.07 Å². The van der Waals surface area contributed by atoms with Crippen molar-refractivity contribution < 1.29 is 9.12 Å². The molecule has 1 rings (SSSR count). The average molecular weight is 206 g/mol. The first-order chi connectivity index (χ1) is 4.61. The molecule has 0 unspecified atom stereocenters. The van der Waals surface area contributed by atoms with E-state index in [4.69, 9.17) is 0 Å². The lowest BCUT2D eigenvalue weighted by Crippen LogP contribution is -2.28. The first-order valence-electron chi connectivity index (χ1n) is 2.66. The van der Waals surface area contributed by atoms with E-state index in [9.17, 15) is 9.60 Å². The lowest BCUT2D eigenvalue weighted by atomic mass is 10.3. The van der Waals surface area contributed by atoms with Gasteiger partial charge in [-0.1, -0.05) is 0 Å². The van der Waals surface area contributed by atoms with Gasteiger partial charge in [0.15, 0.2) is 5.82 Å². The Bertz CT molecular complexity index is 214. The molecule has 4 heteroatoms. The van der Waals surface area contributed by atoms with Crippen LogP contribution in [0.15, 0.2) is 16.9 Å². The van der Waals surface area contributed by atoms with E-state index in [1.807, 2.05) is 0 Å². The highest BCUT2D eigenvalue weighted by Crippen LogP contribution is 2.08. The van der Waals surface area contributed by atoms with Crippen molar-refractivity contribution in [3.05, 3.63) is 33.5 Å². The van der Waals surface area contributed by atoms with Crippen molar-refractivity contribution in [3.63, 3.8) is 0 Å². The van der Waals surface area contributed by atoms with Crippen LogP contribution in [-0.4, -0.2) is 0 Å². The molecule has 0 atom stereocenters. The summed E-state index contributed by atoms with van der Waals surface area (Å²) in [6.07, 6.45) is 0.888. The lowest BCUT2D eigenvalue weighted by Gasteiger charge is -1.99. The summed E-state index contributed by atoms with van der Waals surface area (Å²) in [5.41, 5.74) is 0.457. The van der Waals surface area contributed by atoms with Gasteiger partial charge in [-0.15, -0.1) is 0 Å². The number of halogens is 2. The van der Waals surface area contributed by atoms with Crippen LogP contribution in [0.1, 0.15) is 5.56 Å². The predicted octanol–water partition coefficient (Wildman–Crippen LogP) is 1.53. The molecule has 0 saturated carbocycles. The summed E-state index contributed by atoms with van der Waals surface area (Å²) in [4.78, 5) is 0. The summed E-state index contributed by atoms with van der Waals surface area (Å²) in [5.74, 6) is -0.488. The van der Waals surface area contributed by atoms with Crippen LogP contribution in [-0.2, 0) is 0 Å². The van der Waals surface area contributed by atoms with E-state index in [0.717, 1.165) is 6.20 Å². The summed E-state index contributed by atoms with van der Waals surface area (Å²) in [5, 5.41) is 10.6. The zero-order valence-electron chi connectivity index (χ0n) is 5.27. The molecule has 0 aromatic carbocycles. The van der Waals surface area contributed by atoms with Crippen LogP contribution in [0.2, 0.25) is 0 Å². The summed E-state index contributed by atoms with van der Waals surface area (Å²) >= 11 is 2.96. The van der Waals surface area contributed by atoms with Gasteiger partial charge in [0, 0.05) is 22.0 Å². The second-order valence-corrected chi connectivity index (χ2v) is 2.77. The molecule has 1 heterocycles. The maximum atomic E-state index is 12.5. The van der Waals surface area contributed by atoms with Crippen LogP contribution in [0.3, 0.4) is 0 Å². The third-order valence-corrected chi connectivity index (χ3v) is 1.73. The van der Waals surface area contributed by atoms with Crippen molar-refractivity contribution in [1.82, 2.24) is 0 Å². The van der Waals surface area contributed by atoms with Gasteiger partial charge < -0.3 is 5.21 Å². The maximum absolute atomic E-state index is 12.5. The van der Waals surface area contributed by atoms with E-state index in [-0.39, 0.29) is 0 Å². The molecule has 0 aliphatic heterocycles. The van der Waals surface area contributed by atoms with Crippen molar-refractivity contribution in [2.75, 3.05) is 0 Å². The molecular formula is C6H5BrFNO. The Kier molecular flexibility index (Phi) is 1.89. The molecule has 0 radical (unpaired) electrons. The highest BCUT2D eigenvalue weighted by atomic mass is 79.9. The van der Waals surface area contributed by atoms with Crippen LogP contribution in [0.5, 0.6) is 0 Å². The molecule has 0 bridgehead atoms. The lowest BCUT2D eigenvalue weighted by molar-refractivity contribution is -0.619. The van der Waals surface area contributed by atoms with Crippen LogP contribution < -0.4 is 4.73 Å². The second kappa shape index (κ2) is 2.54. The van der Waals surface area contributed by atoms with Crippen molar-refractivity contribution >= 4 is 15.9 Å². The summed E-state index contributed by atoms with van der Waals surface area (Å²) < 4.78 is 13.3. The predicted molar refractivity (Wildman–Crippen MR) is 37.8 cm³/mol. The molecule has 1 aromatic rings. The molecule has 0 fully saturated rings. The minimum Gasteiger partial charge on any atom is -0.618 e.